The summed E-state index contributed by atoms with van der Waals surface area (Å²) in [7, 11) is 1.84. The number of nitrogens with one attached hydrogen (secondary N) is 2. The van der Waals surface area contributed by atoms with Crippen LogP contribution < -0.4 is 10.6 Å². The largest absolute Gasteiger partial charge is 0.379 e. The van der Waals surface area contributed by atoms with E-state index in [1.54, 1.807) is 0 Å². The second-order valence-electron chi connectivity index (χ2n) is 3.86. The normalized spacial score (nSPS) is 27.0. The topological polar surface area (TPSA) is 50.4 Å². The number of amides is 1. The van der Waals surface area contributed by atoms with Crippen molar-refractivity contribution in [1.29, 1.82) is 0 Å². The molecule has 4 nitrogen and oxygen atoms in total. The smallest absolute Gasteiger partial charge is 0.227 e. The molecule has 84 valence electrons. The summed E-state index contributed by atoms with van der Waals surface area (Å²) in [5, 5.41) is 5.96. The van der Waals surface area contributed by atoms with E-state index in [2.05, 4.69) is 16.6 Å². The van der Waals surface area contributed by atoms with Crippen LogP contribution in [-0.4, -0.2) is 38.3 Å². The molecule has 3 atom stereocenters. The summed E-state index contributed by atoms with van der Waals surface area (Å²) in [4.78, 5) is 11.8. The molecule has 0 radical (unpaired) electrons. The quantitative estimate of drug-likeness (QED) is 0.629. The van der Waals surface area contributed by atoms with E-state index in [4.69, 9.17) is 11.2 Å². The summed E-state index contributed by atoms with van der Waals surface area (Å²) in [6.45, 7) is 2.99. The van der Waals surface area contributed by atoms with Gasteiger partial charge in [-0.3, -0.25) is 4.79 Å². The van der Waals surface area contributed by atoms with E-state index in [1.165, 1.54) is 0 Å². The minimum absolute atomic E-state index is 0.0228. The van der Waals surface area contributed by atoms with Crippen LogP contribution in [-0.2, 0) is 9.53 Å². The Hall–Kier alpha value is -1.05. The molecule has 1 amide bonds. The van der Waals surface area contributed by atoms with E-state index in [0.717, 1.165) is 0 Å². The van der Waals surface area contributed by atoms with Crippen LogP contribution in [0, 0.1) is 18.3 Å². The highest BCUT2D eigenvalue weighted by Crippen LogP contribution is 2.13. The Bertz CT molecular complexity index is 260. The first-order chi connectivity index (χ1) is 7.19. The molecule has 1 fully saturated rings. The molecule has 0 saturated carbocycles. The summed E-state index contributed by atoms with van der Waals surface area (Å²) in [5.41, 5.74) is 0. The first-order valence-electron chi connectivity index (χ1n) is 5.18. The van der Waals surface area contributed by atoms with Crippen LogP contribution in [0.2, 0.25) is 0 Å². The lowest BCUT2D eigenvalue weighted by Gasteiger charge is -2.18. The van der Waals surface area contributed by atoms with E-state index in [-0.39, 0.29) is 23.9 Å². The number of ether oxygens (including phenoxy) is 1. The van der Waals surface area contributed by atoms with Crippen molar-refractivity contribution in [1.82, 2.24) is 10.6 Å². The second-order valence-corrected chi connectivity index (χ2v) is 3.86. The molecule has 1 saturated heterocycles. The Balaban J connectivity index is 2.43. The lowest BCUT2D eigenvalue weighted by molar-refractivity contribution is -0.126. The van der Waals surface area contributed by atoms with Gasteiger partial charge in [0.25, 0.3) is 0 Å². The molecule has 4 heteroatoms. The number of hydrogen-bond donors (Lipinski definition) is 2. The third kappa shape index (κ3) is 3.22. The first-order valence-corrected chi connectivity index (χ1v) is 5.18. The number of likely N-dealkylation sites (N-methyl/N-ethyl adjacent to an activating group) is 1. The number of terminal acetylenes is 1. The van der Waals surface area contributed by atoms with Crippen molar-refractivity contribution in [2.75, 3.05) is 20.3 Å². The fraction of sp³-hybridized carbons (Fsp3) is 0.727. The fourth-order valence-corrected chi connectivity index (χ4v) is 1.67. The molecule has 0 bridgehead atoms. The molecule has 1 aliphatic rings. The standard InChI is InChI=1S/C11H18N2O2/c1-4-5-8(2)13-11(14)9-6-15-7-10(9)12-3/h1,8-10,12H,5-7H2,2-3H3,(H,13,14). The molecule has 2 N–H and O–H groups in total. The van der Waals surface area contributed by atoms with Gasteiger partial charge in [0.15, 0.2) is 0 Å². The average molecular weight is 210 g/mol. The van der Waals surface area contributed by atoms with Crippen LogP contribution in [0.4, 0.5) is 0 Å². The molecule has 1 heterocycles. The molecule has 1 rings (SSSR count). The maximum Gasteiger partial charge on any atom is 0.227 e. The van der Waals surface area contributed by atoms with Crippen molar-refractivity contribution in [3.05, 3.63) is 0 Å². The van der Waals surface area contributed by atoms with Crippen LogP contribution in [0.25, 0.3) is 0 Å². The number of carbonyl (C=O) groups is 1. The van der Waals surface area contributed by atoms with Crippen molar-refractivity contribution >= 4 is 5.91 Å². The van der Waals surface area contributed by atoms with E-state index < -0.39 is 0 Å². The van der Waals surface area contributed by atoms with Crippen molar-refractivity contribution in [3.8, 4) is 12.3 Å². The zero-order valence-electron chi connectivity index (χ0n) is 9.25. The summed E-state index contributed by atoms with van der Waals surface area (Å²) < 4.78 is 5.26. The van der Waals surface area contributed by atoms with Crippen LogP contribution in [0.3, 0.4) is 0 Å². The van der Waals surface area contributed by atoms with E-state index in [0.29, 0.717) is 19.6 Å². The molecule has 0 spiro atoms. The van der Waals surface area contributed by atoms with Crippen LogP contribution in [0.5, 0.6) is 0 Å². The number of hydrogen-bond acceptors (Lipinski definition) is 3. The summed E-state index contributed by atoms with van der Waals surface area (Å²) in [6.07, 6.45) is 5.73. The second kappa shape index (κ2) is 5.74. The third-order valence-corrected chi connectivity index (χ3v) is 2.60. The third-order valence-electron chi connectivity index (χ3n) is 2.60. The zero-order valence-corrected chi connectivity index (χ0v) is 9.25. The van der Waals surface area contributed by atoms with E-state index in [9.17, 15) is 4.79 Å². The predicted octanol–water partition coefficient (Wildman–Crippen LogP) is -0.251. The zero-order chi connectivity index (χ0) is 11.3. The van der Waals surface area contributed by atoms with Crippen LogP contribution >= 0.6 is 0 Å². The predicted molar refractivity (Wildman–Crippen MR) is 58.2 cm³/mol. The maximum atomic E-state index is 11.8. The molecular formula is C11H18N2O2. The summed E-state index contributed by atoms with van der Waals surface area (Å²) in [6, 6.07) is 0.142. The van der Waals surface area contributed by atoms with Gasteiger partial charge in [0, 0.05) is 18.5 Å². The van der Waals surface area contributed by atoms with E-state index >= 15 is 0 Å². The summed E-state index contributed by atoms with van der Waals surface area (Å²) in [5.74, 6) is 2.45. The van der Waals surface area contributed by atoms with Gasteiger partial charge in [-0.25, -0.2) is 0 Å². The minimum atomic E-state index is -0.102. The van der Waals surface area contributed by atoms with Gasteiger partial charge in [0.1, 0.15) is 0 Å². The lowest BCUT2D eigenvalue weighted by atomic mass is 10.0. The minimum Gasteiger partial charge on any atom is -0.379 e. The molecule has 0 aromatic rings. The van der Waals surface area contributed by atoms with E-state index in [1.807, 2.05) is 14.0 Å². The number of rotatable bonds is 4. The van der Waals surface area contributed by atoms with Crippen LogP contribution in [0.1, 0.15) is 13.3 Å². The Labute approximate surface area is 90.8 Å². The highest BCUT2D eigenvalue weighted by molar-refractivity contribution is 5.80. The maximum absolute atomic E-state index is 11.8. The Morgan fingerprint density at radius 2 is 2.40 bits per heavy atom. The highest BCUT2D eigenvalue weighted by Gasteiger charge is 2.33. The SMILES string of the molecule is C#CCC(C)NC(=O)C1COCC1NC. The van der Waals surface area contributed by atoms with Crippen molar-refractivity contribution in [3.63, 3.8) is 0 Å². The Morgan fingerprint density at radius 3 is 3.00 bits per heavy atom. The molecular weight excluding hydrogens is 192 g/mol. The lowest BCUT2D eigenvalue weighted by Crippen LogP contribution is -2.45. The molecule has 0 aliphatic carbocycles. The van der Waals surface area contributed by atoms with Gasteiger partial charge in [-0.1, -0.05) is 0 Å². The van der Waals surface area contributed by atoms with Crippen molar-refractivity contribution in [2.45, 2.75) is 25.4 Å². The van der Waals surface area contributed by atoms with Gasteiger partial charge in [-0.15, -0.1) is 12.3 Å². The van der Waals surface area contributed by atoms with Gasteiger partial charge in [0.2, 0.25) is 5.91 Å². The number of carbonyl (C=O) groups excluding carboxylic acids is 1. The van der Waals surface area contributed by atoms with Gasteiger partial charge in [-0.05, 0) is 14.0 Å². The average Bonchev–Trinajstić information content (AvgIpc) is 2.65. The van der Waals surface area contributed by atoms with Crippen molar-refractivity contribution < 1.29 is 9.53 Å². The molecule has 15 heavy (non-hydrogen) atoms. The molecule has 0 aromatic heterocycles. The summed E-state index contributed by atoms with van der Waals surface area (Å²) >= 11 is 0. The van der Waals surface area contributed by atoms with Gasteiger partial charge < -0.3 is 15.4 Å². The Kier molecular flexibility index (Phi) is 4.60. The Morgan fingerprint density at radius 1 is 1.67 bits per heavy atom. The monoisotopic (exact) mass is 210 g/mol. The van der Waals surface area contributed by atoms with Gasteiger partial charge >= 0.3 is 0 Å². The molecule has 3 unspecified atom stereocenters. The first kappa shape index (κ1) is 12.0. The molecule has 0 aromatic carbocycles. The van der Waals surface area contributed by atoms with Gasteiger partial charge in [0.05, 0.1) is 19.1 Å². The molecule has 1 aliphatic heterocycles. The van der Waals surface area contributed by atoms with Crippen LogP contribution in [0.15, 0.2) is 0 Å². The van der Waals surface area contributed by atoms with Crippen molar-refractivity contribution in [2.24, 2.45) is 5.92 Å². The van der Waals surface area contributed by atoms with Gasteiger partial charge in [-0.2, -0.15) is 0 Å². The fourth-order valence-electron chi connectivity index (χ4n) is 1.67. The highest BCUT2D eigenvalue weighted by atomic mass is 16.5.